The molecule has 8 heteroatoms. The summed E-state index contributed by atoms with van der Waals surface area (Å²) < 4.78 is 13.8. The van der Waals surface area contributed by atoms with Crippen molar-refractivity contribution in [2.75, 3.05) is 5.73 Å². The number of nitrogens with two attached hydrogens (primary N) is 1. The number of hydrogen-bond donors (Lipinski definition) is 2. The summed E-state index contributed by atoms with van der Waals surface area (Å²) in [6, 6.07) is 11.0. The molecule has 1 heterocycles. The molecule has 1 aromatic heterocycles. The maximum Gasteiger partial charge on any atom is 0.335 e. The van der Waals surface area contributed by atoms with Crippen LogP contribution in [0.4, 0.5) is 10.2 Å². The molecule has 0 saturated carbocycles. The number of nitrogens with zero attached hydrogens (tertiary/aromatic N) is 1. The molecular formula is C20H15Cl2FN2O2S. The minimum absolute atomic E-state index is 0.0144. The molecule has 1 atom stereocenters. The Morgan fingerprint density at radius 3 is 2.50 bits per heavy atom. The van der Waals surface area contributed by atoms with Crippen molar-refractivity contribution in [2.24, 2.45) is 0 Å². The van der Waals surface area contributed by atoms with Crippen LogP contribution < -0.4 is 5.73 Å². The van der Waals surface area contributed by atoms with E-state index in [9.17, 15) is 9.18 Å². The second-order valence-corrected chi connectivity index (χ2v) is 8.17. The van der Waals surface area contributed by atoms with Gasteiger partial charge in [0.2, 0.25) is 0 Å². The highest BCUT2D eigenvalue weighted by atomic mass is 35.5. The van der Waals surface area contributed by atoms with Crippen LogP contribution in [-0.4, -0.2) is 16.1 Å². The molecule has 144 valence electrons. The first kappa shape index (κ1) is 20.5. The lowest BCUT2D eigenvalue weighted by molar-refractivity contribution is 0.0697. The van der Waals surface area contributed by atoms with Gasteiger partial charge in [0.15, 0.2) is 0 Å². The Bertz CT molecular complexity index is 1050. The first-order valence-corrected chi connectivity index (χ1v) is 9.80. The van der Waals surface area contributed by atoms with E-state index in [2.05, 4.69) is 4.98 Å². The number of pyridine rings is 1. The smallest absolute Gasteiger partial charge is 0.335 e. The molecule has 0 fully saturated rings. The van der Waals surface area contributed by atoms with Gasteiger partial charge in [-0.05, 0) is 42.8 Å². The number of thioether (sulfide) groups is 1. The van der Waals surface area contributed by atoms with Crippen molar-refractivity contribution in [2.45, 2.75) is 17.1 Å². The Balaban J connectivity index is 1.92. The van der Waals surface area contributed by atoms with E-state index in [-0.39, 0.29) is 15.8 Å². The fourth-order valence-electron chi connectivity index (χ4n) is 2.68. The standard InChI is InChI=1S/C20H15Cl2FN2O2S/c1-10(17-14(21)6-7-15(23)18(17)22)28-16-8-13(9-25-19(16)24)11-2-4-12(5-3-11)20(26)27/h2-10H,1H3,(H2,24,25)(H,26,27). The molecule has 0 spiro atoms. The van der Waals surface area contributed by atoms with Gasteiger partial charge in [-0.25, -0.2) is 14.2 Å². The number of halogens is 3. The van der Waals surface area contributed by atoms with Crippen LogP contribution >= 0.6 is 35.0 Å². The molecule has 3 rings (SSSR count). The zero-order valence-corrected chi connectivity index (χ0v) is 16.9. The molecule has 0 aliphatic rings. The third-order valence-electron chi connectivity index (χ3n) is 4.14. The van der Waals surface area contributed by atoms with E-state index in [1.165, 1.54) is 36.0 Å². The summed E-state index contributed by atoms with van der Waals surface area (Å²) in [5.74, 6) is -1.20. The van der Waals surface area contributed by atoms with Gasteiger partial charge in [-0.15, -0.1) is 11.8 Å². The van der Waals surface area contributed by atoms with Crippen LogP contribution in [0.15, 0.2) is 53.6 Å². The number of anilines is 1. The van der Waals surface area contributed by atoms with Gasteiger partial charge >= 0.3 is 5.97 Å². The second kappa shape index (κ2) is 8.39. The monoisotopic (exact) mass is 436 g/mol. The van der Waals surface area contributed by atoms with Crippen molar-refractivity contribution >= 4 is 46.8 Å². The summed E-state index contributed by atoms with van der Waals surface area (Å²) in [5, 5.41) is 9.10. The molecule has 3 aromatic rings. The molecule has 0 bridgehead atoms. The van der Waals surface area contributed by atoms with E-state index in [0.29, 0.717) is 21.3 Å². The summed E-state index contributed by atoms with van der Waals surface area (Å²) in [5.41, 5.74) is 8.28. The van der Waals surface area contributed by atoms with Crippen LogP contribution in [-0.2, 0) is 0 Å². The van der Waals surface area contributed by atoms with Gasteiger partial charge in [-0.2, -0.15) is 0 Å². The lowest BCUT2D eigenvalue weighted by atomic mass is 10.1. The molecule has 0 radical (unpaired) electrons. The van der Waals surface area contributed by atoms with Crippen molar-refractivity contribution in [1.29, 1.82) is 0 Å². The number of aromatic nitrogens is 1. The highest BCUT2D eigenvalue weighted by molar-refractivity contribution is 7.99. The van der Waals surface area contributed by atoms with Crippen LogP contribution in [0.5, 0.6) is 0 Å². The van der Waals surface area contributed by atoms with Crippen LogP contribution in [0.1, 0.15) is 28.1 Å². The molecule has 0 saturated heterocycles. The van der Waals surface area contributed by atoms with Gasteiger partial charge in [0.25, 0.3) is 0 Å². The van der Waals surface area contributed by atoms with E-state index in [1.54, 1.807) is 18.3 Å². The van der Waals surface area contributed by atoms with Crippen LogP contribution in [0.2, 0.25) is 10.0 Å². The summed E-state index contributed by atoms with van der Waals surface area (Å²) in [6.45, 7) is 1.85. The zero-order chi connectivity index (χ0) is 20.4. The first-order chi connectivity index (χ1) is 13.3. The van der Waals surface area contributed by atoms with Crippen LogP contribution in [0.3, 0.4) is 0 Å². The third kappa shape index (κ3) is 4.24. The van der Waals surface area contributed by atoms with Gasteiger partial charge in [0.1, 0.15) is 11.6 Å². The summed E-state index contributed by atoms with van der Waals surface area (Å²) in [4.78, 5) is 15.9. The first-order valence-electron chi connectivity index (χ1n) is 8.17. The predicted molar refractivity (Wildman–Crippen MR) is 112 cm³/mol. The maximum atomic E-state index is 13.8. The molecule has 3 N–H and O–H groups in total. The maximum absolute atomic E-state index is 13.8. The number of aromatic carboxylic acids is 1. The zero-order valence-electron chi connectivity index (χ0n) is 14.6. The second-order valence-electron chi connectivity index (χ2n) is 6.01. The van der Waals surface area contributed by atoms with Crippen molar-refractivity contribution < 1.29 is 14.3 Å². The molecule has 0 aliphatic carbocycles. The van der Waals surface area contributed by atoms with Crippen molar-refractivity contribution in [3.05, 3.63) is 75.7 Å². The minimum atomic E-state index is -0.990. The fraction of sp³-hybridized carbons (Fsp3) is 0.100. The average Bonchev–Trinajstić information content (AvgIpc) is 2.67. The van der Waals surface area contributed by atoms with Crippen LogP contribution in [0.25, 0.3) is 11.1 Å². The van der Waals surface area contributed by atoms with Crippen molar-refractivity contribution in [3.8, 4) is 11.1 Å². The molecule has 1 unspecified atom stereocenters. The number of nitrogen functional groups attached to an aromatic ring is 1. The highest BCUT2D eigenvalue weighted by Crippen LogP contribution is 2.44. The predicted octanol–water partition coefficient (Wildman–Crippen LogP) is 6.33. The lowest BCUT2D eigenvalue weighted by Gasteiger charge is -2.17. The Labute approximate surface area is 175 Å². The van der Waals surface area contributed by atoms with Gasteiger partial charge in [-0.3, -0.25) is 0 Å². The number of hydrogen-bond acceptors (Lipinski definition) is 4. The van der Waals surface area contributed by atoms with E-state index >= 15 is 0 Å². The number of carbonyl (C=O) groups is 1. The SMILES string of the molecule is CC(Sc1cc(-c2ccc(C(=O)O)cc2)cnc1N)c1c(Cl)ccc(F)c1Cl. The summed E-state index contributed by atoms with van der Waals surface area (Å²) in [7, 11) is 0. The topological polar surface area (TPSA) is 76.2 Å². The number of rotatable bonds is 5. The van der Waals surface area contributed by atoms with E-state index in [1.807, 2.05) is 13.0 Å². The van der Waals surface area contributed by atoms with Crippen molar-refractivity contribution in [3.63, 3.8) is 0 Å². The van der Waals surface area contributed by atoms with Gasteiger partial charge < -0.3 is 10.8 Å². The number of carboxylic acids is 1. The quantitative estimate of drug-likeness (QED) is 0.360. The largest absolute Gasteiger partial charge is 0.478 e. The van der Waals surface area contributed by atoms with E-state index in [4.69, 9.17) is 34.0 Å². The van der Waals surface area contributed by atoms with E-state index < -0.39 is 11.8 Å². The Hall–Kier alpha value is -2.28. The van der Waals surface area contributed by atoms with Crippen LogP contribution in [0, 0.1) is 5.82 Å². The Morgan fingerprint density at radius 2 is 1.86 bits per heavy atom. The Morgan fingerprint density at radius 1 is 1.18 bits per heavy atom. The molecule has 0 amide bonds. The molecular weight excluding hydrogens is 422 g/mol. The van der Waals surface area contributed by atoms with Crippen molar-refractivity contribution in [1.82, 2.24) is 4.98 Å². The van der Waals surface area contributed by atoms with Gasteiger partial charge in [-0.1, -0.05) is 35.3 Å². The third-order valence-corrected chi connectivity index (χ3v) is 6.02. The average molecular weight is 437 g/mol. The highest BCUT2D eigenvalue weighted by Gasteiger charge is 2.19. The molecule has 28 heavy (non-hydrogen) atoms. The summed E-state index contributed by atoms with van der Waals surface area (Å²) in [6.07, 6.45) is 1.61. The molecule has 0 aliphatic heterocycles. The molecule has 4 nitrogen and oxygen atoms in total. The van der Waals surface area contributed by atoms with Gasteiger partial charge in [0.05, 0.1) is 15.5 Å². The number of benzene rings is 2. The van der Waals surface area contributed by atoms with Gasteiger partial charge in [0, 0.05) is 27.6 Å². The van der Waals surface area contributed by atoms with E-state index in [0.717, 1.165) is 11.1 Å². The number of carboxylic acid groups (broad SMARTS) is 1. The summed E-state index contributed by atoms with van der Waals surface area (Å²) >= 11 is 13.7. The minimum Gasteiger partial charge on any atom is -0.478 e. The lowest BCUT2D eigenvalue weighted by Crippen LogP contribution is -1.98. The Kier molecular flexibility index (Phi) is 6.13. The fourth-order valence-corrected chi connectivity index (χ4v) is 4.62. The normalized spacial score (nSPS) is 12.0. The molecule has 2 aromatic carbocycles.